The third-order valence-corrected chi connectivity index (χ3v) is 2.71. The molecule has 0 saturated heterocycles. The molecule has 0 aliphatic carbocycles. The minimum atomic E-state index is -2.27. The SMILES string of the molecule is CCCCC(O)CO.O=C(O)C(O)C(O)C(=O)O.O=C(O)C(O)C(O)C(=O)O. The maximum absolute atomic E-state index is 9.77. The van der Waals surface area contributed by atoms with Gasteiger partial charge >= 0.3 is 23.9 Å². The van der Waals surface area contributed by atoms with Gasteiger partial charge in [0.25, 0.3) is 0 Å². The zero-order valence-electron chi connectivity index (χ0n) is 14.8. The van der Waals surface area contributed by atoms with E-state index < -0.39 is 54.4 Å². The predicted molar refractivity (Wildman–Crippen MR) is 87.2 cm³/mol. The van der Waals surface area contributed by atoms with Crippen molar-refractivity contribution < 1.29 is 70.2 Å². The molecule has 0 rings (SSSR count). The molecule has 0 bridgehead atoms. The molecule has 0 aromatic carbocycles. The van der Waals surface area contributed by atoms with E-state index in [1.807, 2.05) is 0 Å². The van der Waals surface area contributed by atoms with Gasteiger partial charge in [-0.15, -0.1) is 0 Å². The Hall–Kier alpha value is -2.36. The number of unbranched alkanes of at least 4 members (excludes halogenated alkanes) is 1. The van der Waals surface area contributed by atoms with Crippen molar-refractivity contribution in [3.05, 3.63) is 0 Å². The molecule has 14 nitrogen and oxygen atoms in total. The fourth-order valence-electron chi connectivity index (χ4n) is 1.07. The number of carboxylic acid groups (broad SMARTS) is 4. The number of aliphatic hydroxyl groups excluding tert-OH is 6. The molecule has 0 heterocycles. The Morgan fingerprint density at radius 1 is 0.643 bits per heavy atom. The summed E-state index contributed by atoms with van der Waals surface area (Å²) in [6, 6.07) is 0. The Bertz CT molecular complexity index is 407. The Kier molecular flexibility index (Phi) is 18.2. The molecule has 0 saturated carbocycles. The third-order valence-electron chi connectivity index (χ3n) is 2.71. The van der Waals surface area contributed by atoms with Gasteiger partial charge in [0.05, 0.1) is 12.7 Å². The van der Waals surface area contributed by atoms with Gasteiger partial charge in [-0.05, 0) is 6.42 Å². The van der Waals surface area contributed by atoms with E-state index in [0.717, 1.165) is 19.3 Å². The minimum absolute atomic E-state index is 0.0972. The van der Waals surface area contributed by atoms with E-state index in [1.165, 1.54) is 0 Å². The number of hydrogen-bond acceptors (Lipinski definition) is 10. The highest BCUT2D eigenvalue weighted by Crippen LogP contribution is 1.98. The van der Waals surface area contributed by atoms with E-state index in [2.05, 4.69) is 6.92 Å². The zero-order chi connectivity index (χ0) is 23.0. The van der Waals surface area contributed by atoms with Crippen molar-refractivity contribution in [1.29, 1.82) is 0 Å². The van der Waals surface area contributed by atoms with Gasteiger partial charge in [-0.1, -0.05) is 19.8 Å². The maximum Gasteiger partial charge on any atom is 0.335 e. The second kappa shape index (κ2) is 16.8. The highest BCUT2D eigenvalue weighted by atomic mass is 16.4. The lowest BCUT2D eigenvalue weighted by atomic mass is 10.2. The highest BCUT2D eigenvalue weighted by Gasteiger charge is 2.30. The average molecular weight is 418 g/mol. The molecule has 0 amide bonds. The molecule has 0 fully saturated rings. The molecular formula is C14H26O14. The van der Waals surface area contributed by atoms with Crippen LogP contribution in [0.1, 0.15) is 26.2 Å². The zero-order valence-corrected chi connectivity index (χ0v) is 14.8. The Morgan fingerprint density at radius 3 is 1.04 bits per heavy atom. The van der Waals surface area contributed by atoms with Crippen LogP contribution in [0.25, 0.3) is 0 Å². The number of aliphatic carboxylic acids is 4. The first-order valence-corrected chi connectivity index (χ1v) is 7.66. The lowest BCUT2D eigenvalue weighted by molar-refractivity contribution is -0.165. The summed E-state index contributed by atoms with van der Waals surface area (Å²) in [5, 5.41) is 82.1. The van der Waals surface area contributed by atoms with Crippen LogP contribution in [0.15, 0.2) is 0 Å². The Balaban J connectivity index is -0.000000337. The van der Waals surface area contributed by atoms with E-state index in [1.54, 1.807) is 0 Å². The van der Waals surface area contributed by atoms with Crippen molar-refractivity contribution in [3.63, 3.8) is 0 Å². The van der Waals surface area contributed by atoms with E-state index >= 15 is 0 Å². The minimum Gasteiger partial charge on any atom is -0.479 e. The van der Waals surface area contributed by atoms with Crippen molar-refractivity contribution >= 4 is 23.9 Å². The summed E-state index contributed by atoms with van der Waals surface area (Å²) >= 11 is 0. The Morgan fingerprint density at radius 2 is 0.893 bits per heavy atom. The monoisotopic (exact) mass is 418 g/mol. The van der Waals surface area contributed by atoms with E-state index in [0.29, 0.717) is 0 Å². The summed E-state index contributed by atoms with van der Waals surface area (Å²) < 4.78 is 0. The summed E-state index contributed by atoms with van der Waals surface area (Å²) in [7, 11) is 0. The second-order valence-electron chi connectivity index (χ2n) is 5.11. The quantitative estimate of drug-likeness (QED) is 0.163. The molecule has 0 aliphatic rings. The van der Waals surface area contributed by atoms with Crippen LogP contribution in [0.3, 0.4) is 0 Å². The molecule has 0 aromatic heterocycles. The van der Waals surface area contributed by atoms with Crippen LogP contribution in [0.5, 0.6) is 0 Å². The number of hydrogen-bond donors (Lipinski definition) is 10. The first kappa shape index (κ1) is 30.4. The predicted octanol–water partition coefficient (Wildman–Crippen LogP) is -3.72. The summed E-state index contributed by atoms with van der Waals surface area (Å²) in [5.74, 6) is -7.07. The highest BCUT2D eigenvalue weighted by molar-refractivity contribution is 5.83. The van der Waals surface area contributed by atoms with Gasteiger partial charge < -0.3 is 51.1 Å². The second-order valence-corrected chi connectivity index (χ2v) is 5.11. The van der Waals surface area contributed by atoms with Crippen molar-refractivity contribution in [2.45, 2.75) is 56.7 Å². The van der Waals surface area contributed by atoms with Crippen LogP contribution in [0.2, 0.25) is 0 Å². The van der Waals surface area contributed by atoms with Gasteiger partial charge in [0, 0.05) is 0 Å². The third kappa shape index (κ3) is 15.9. The lowest BCUT2D eigenvalue weighted by Crippen LogP contribution is -2.39. The van der Waals surface area contributed by atoms with Crippen LogP contribution >= 0.6 is 0 Å². The van der Waals surface area contributed by atoms with Crippen LogP contribution in [-0.2, 0) is 19.2 Å². The van der Waals surface area contributed by atoms with Crippen LogP contribution in [0, 0.1) is 0 Å². The normalized spacial score (nSPS) is 15.2. The molecule has 28 heavy (non-hydrogen) atoms. The van der Waals surface area contributed by atoms with Crippen molar-refractivity contribution in [2.24, 2.45) is 0 Å². The molecule has 0 aromatic rings. The topological polar surface area (TPSA) is 271 Å². The number of aliphatic hydroxyl groups is 6. The lowest BCUT2D eigenvalue weighted by Gasteiger charge is -2.07. The fraction of sp³-hybridized carbons (Fsp3) is 0.714. The van der Waals surface area contributed by atoms with E-state index in [-0.39, 0.29) is 6.61 Å². The van der Waals surface area contributed by atoms with Gasteiger partial charge in [-0.3, -0.25) is 0 Å². The summed E-state index contributed by atoms with van der Waals surface area (Å²) in [6.45, 7) is 1.96. The Labute approximate surface area is 158 Å². The molecule has 5 unspecified atom stereocenters. The van der Waals surface area contributed by atoms with Gasteiger partial charge in [0.2, 0.25) is 0 Å². The van der Waals surface area contributed by atoms with Gasteiger partial charge in [0.15, 0.2) is 24.4 Å². The van der Waals surface area contributed by atoms with E-state index in [9.17, 15) is 19.2 Å². The standard InChI is InChI=1S/C6H14O2.2C4H6O6/c1-2-3-4-6(8)5-7;2*5-1(3(7)8)2(6)4(9)10/h6-8H,2-5H2,1H3;2*1-2,5-6H,(H,7,8)(H,9,10). The molecule has 14 heteroatoms. The van der Waals surface area contributed by atoms with Gasteiger partial charge in [0.1, 0.15) is 0 Å². The molecular weight excluding hydrogens is 392 g/mol. The van der Waals surface area contributed by atoms with Crippen LogP contribution < -0.4 is 0 Å². The number of carbonyl (C=O) groups is 4. The average Bonchev–Trinajstić information content (AvgIpc) is 2.63. The summed E-state index contributed by atoms with van der Waals surface area (Å²) in [5.41, 5.74) is 0. The first-order chi connectivity index (χ1) is 12.7. The molecule has 0 radical (unpaired) electrons. The van der Waals surface area contributed by atoms with E-state index in [4.69, 9.17) is 51.1 Å². The molecule has 10 N–H and O–H groups in total. The van der Waals surface area contributed by atoms with Crippen LogP contribution in [-0.4, -0.2) is 112 Å². The maximum atomic E-state index is 9.77. The first-order valence-electron chi connectivity index (χ1n) is 7.66. The molecule has 5 atom stereocenters. The van der Waals surface area contributed by atoms with Gasteiger partial charge in [-0.2, -0.15) is 0 Å². The van der Waals surface area contributed by atoms with Crippen LogP contribution in [0.4, 0.5) is 0 Å². The summed E-state index contributed by atoms with van der Waals surface area (Å²) in [6.07, 6.45) is -6.74. The smallest absolute Gasteiger partial charge is 0.335 e. The molecule has 0 aliphatic heterocycles. The molecule has 0 spiro atoms. The summed E-state index contributed by atoms with van der Waals surface area (Å²) in [4.78, 5) is 39.1. The number of carboxylic acids is 4. The van der Waals surface area contributed by atoms with Crippen molar-refractivity contribution in [3.8, 4) is 0 Å². The van der Waals surface area contributed by atoms with Crippen molar-refractivity contribution in [2.75, 3.05) is 6.61 Å². The number of rotatable bonds is 10. The van der Waals surface area contributed by atoms with Crippen molar-refractivity contribution in [1.82, 2.24) is 0 Å². The fourth-order valence-corrected chi connectivity index (χ4v) is 1.07. The largest absolute Gasteiger partial charge is 0.479 e. The van der Waals surface area contributed by atoms with Gasteiger partial charge in [-0.25, -0.2) is 19.2 Å². The molecule has 166 valence electrons.